The molecule has 0 aliphatic rings. The predicted molar refractivity (Wildman–Crippen MR) is 90.1 cm³/mol. The highest BCUT2D eigenvalue weighted by molar-refractivity contribution is 6.11. The Morgan fingerprint density at radius 3 is 1.82 bits per heavy atom. The zero-order valence-electron chi connectivity index (χ0n) is 13.0. The zero-order chi connectivity index (χ0) is 16.2. The van der Waals surface area contributed by atoms with Crippen molar-refractivity contribution < 1.29 is 9.90 Å². The van der Waals surface area contributed by atoms with Crippen molar-refractivity contribution in [3.63, 3.8) is 0 Å². The van der Waals surface area contributed by atoms with Crippen LogP contribution in [0.4, 0.5) is 11.4 Å². The molecule has 0 heterocycles. The van der Waals surface area contributed by atoms with Crippen LogP contribution in [-0.4, -0.2) is 16.6 Å². The Labute approximate surface area is 131 Å². The van der Waals surface area contributed by atoms with E-state index in [9.17, 15) is 9.90 Å². The van der Waals surface area contributed by atoms with Gasteiger partial charge in [0.05, 0.1) is 5.60 Å². The normalized spacial score (nSPS) is 13.2. The lowest BCUT2D eigenvalue weighted by Crippen LogP contribution is -2.37. The van der Waals surface area contributed by atoms with E-state index in [2.05, 4.69) is 6.58 Å². The molecular formula is C19H21NO2. The van der Waals surface area contributed by atoms with Crippen molar-refractivity contribution in [2.45, 2.75) is 25.9 Å². The smallest absolute Gasteiger partial charge is 0.261 e. The number of amides is 1. The maximum atomic E-state index is 12.9. The molecule has 3 nitrogen and oxygen atoms in total. The first-order chi connectivity index (χ1) is 10.5. The third-order valence-corrected chi connectivity index (χ3v) is 3.83. The van der Waals surface area contributed by atoms with Crippen molar-refractivity contribution in [2.24, 2.45) is 0 Å². The fraction of sp³-hybridized carbons (Fsp3) is 0.211. The molecule has 0 fully saturated rings. The lowest BCUT2D eigenvalue weighted by atomic mass is 9.93. The van der Waals surface area contributed by atoms with Crippen molar-refractivity contribution in [3.8, 4) is 0 Å². The number of aliphatic hydroxyl groups is 1. The maximum absolute atomic E-state index is 12.9. The molecule has 114 valence electrons. The Balaban J connectivity index is 2.46. The molecule has 2 rings (SSSR count). The fourth-order valence-electron chi connectivity index (χ4n) is 2.12. The molecule has 1 unspecified atom stereocenters. The largest absolute Gasteiger partial charge is 0.385 e. The van der Waals surface area contributed by atoms with E-state index >= 15 is 0 Å². The highest BCUT2D eigenvalue weighted by Crippen LogP contribution is 2.30. The molecule has 0 aliphatic heterocycles. The summed E-state index contributed by atoms with van der Waals surface area (Å²) in [7, 11) is 0. The Morgan fingerprint density at radius 2 is 1.45 bits per heavy atom. The monoisotopic (exact) mass is 295 g/mol. The second-order valence-electron chi connectivity index (χ2n) is 5.42. The van der Waals surface area contributed by atoms with Crippen LogP contribution in [0.2, 0.25) is 0 Å². The van der Waals surface area contributed by atoms with Gasteiger partial charge in [-0.15, -0.1) is 0 Å². The van der Waals surface area contributed by atoms with Gasteiger partial charge in [0, 0.05) is 16.9 Å². The molecule has 2 aromatic carbocycles. The SMILES string of the molecule is C=C(C(=O)N(c1ccccc1)c1ccccc1)C(C)(O)CC. The van der Waals surface area contributed by atoms with Gasteiger partial charge in [0.25, 0.3) is 5.91 Å². The minimum Gasteiger partial charge on any atom is -0.385 e. The maximum Gasteiger partial charge on any atom is 0.261 e. The number of para-hydroxylation sites is 2. The van der Waals surface area contributed by atoms with Crippen molar-refractivity contribution in [3.05, 3.63) is 72.8 Å². The van der Waals surface area contributed by atoms with Crippen LogP contribution in [0, 0.1) is 0 Å². The minimum absolute atomic E-state index is 0.183. The lowest BCUT2D eigenvalue weighted by Gasteiger charge is -2.29. The molecule has 0 radical (unpaired) electrons. The fourth-order valence-corrected chi connectivity index (χ4v) is 2.12. The number of benzene rings is 2. The standard InChI is InChI=1S/C19H21NO2/c1-4-19(3,22)15(2)18(21)20(16-11-7-5-8-12-16)17-13-9-6-10-14-17/h5-14,22H,2,4H2,1,3H3. The van der Waals surface area contributed by atoms with Gasteiger partial charge in [-0.2, -0.15) is 0 Å². The zero-order valence-corrected chi connectivity index (χ0v) is 13.0. The van der Waals surface area contributed by atoms with Gasteiger partial charge in [0.2, 0.25) is 0 Å². The summed E-state index contributed by atoms with van der Waals surface area (Å²) in [6.45, 7) is 7.27. The molecule has 22 heavy (non-hydrogen) atoms. The van der Waals surface area contributed by atoms with Gasteiger partial charge in [0.15, 0.2) is 0 Å². The molecule has 0 saturated carbocycles. The summed E-state index contributed by atoms with van der Waals surface area (Å²) in [6, 6.07) is 18.7. The van der Waals surface area contributed by atoms with Crippen molar-refractivity contribution >= 4 is 17.3 Å². The highest BCUT2D eigenvalue weighted by atomic mass is 16.3. The van der Waals surface area contributed by atoms with E-state index in [-0.39, 0.29) is 11.5 Å². The molecule has 2 aromatic rings. The van der Waals surface area contributed by atoms with Crippen LogP contribution in [-0.2, 0) is 4.79 Å². The molecule has 3 heteroatoms. The average molecular weight is 295 g/mol. The summed E-state index contributed by atoms with van der Waals surface area (Å²) < 4.78 is 0. The van der Waals surface area contributed by atoms with Crippen LogP contribution in [0.15, 0.2) is 72.8 Å². The van der Waals surface area contributed by atoms with E-state index in [4.69, 9.17) is 0 Å². The van der Waals surface area contributed by atoms with Crippen LogP contribution in [0.25, 0.3) is 0 Å². The van der Waals surface area contributed by atoms with E-state index in [0.717, 1.165) is 11.4 Å². The number of rotatable bonds is 5. The topological polar surface area (TPSA) is 40.5 Å². The number of hydrogen-bond donors (Lipinski definition) is 1. The number of carbonyl (C=O) groups is 1. The molecular weight excluding hydrogens is 274 g/mol. The molecule has 1 N–H and O–H groups in total. The number of hydrogen-bond acceptors (Lipinski definition) is 2. The summed E-state index contributed by atoms with van der Waals surface area (Å²) >= 11 is 0. The summed E-state index contributed by atoms with van der Waals surface area (Å²) in [6.07, 6.45) is 0.426. The number of carbonyl (C=O) groups excluding carboxylic acids is 1. The minimum atomic E-state index is -1.22. The summed E-state index contributed by atoms with van der Waals surface area (Å²) in [5.41, 5.74) is 0.444. The molecule has 0 spiro atoms. The Morgan fingerprint density at radius 1 is 1.05 bits per heavy atom. The molecule has 1 atom stereocenters. The van der Waals surface area contributed by atoms with Crippen LogP contribution >= 0.6 is 0 Å². The van der Waals surface area contributed by atoms with Gasteiger partial charge >= 0.3 is 0 Å². The van der Waals surface area contributed by atoms with Crippen LogP contribution in [0.3, 0.4) is 0 Å². The van der Waals surface area contributed by atoms with E-state index in [0.29, 0.717) is 6.42 Å². The van der Waals surface area contributed by atoms with Gasteiger partial charge in [-0.05, 0) is 37.6 Å². The van der Waals surface area contributed by atoms with Crippen LogP contribution in [0.1, 0.15) is 20.3 Å². The van der Waals surface area contributed by atoms with Crippen molar-refractivity contribution in [2.75, 3.05) is 4.90 Å². The third-order valence-electron chi connectivity index (χ3n) is 3.83. The van der Waals surface area contributed by atoms with E-state index < -0.39 is 5.60 Å². The molecule has 0 saturated heterocycles. The van der Waals surface area contributed by atoms with E-state index in [1.807, 2.05) is 67.6 Å². The molecule has 1 amide bonds. The first-order valence-corrected chi connectivity index (χ1v) is 7.33. The second kappa shape index (κ2) is 6.58. The molecule has 0 aromatic heterocycles. The Kier molecular flexibility index (Phi) is 4.78. The summed E-state index contributed by atoms with van der Waals surface area (Å²) in [5.74, 6) is -0.302. The lowest BCUT2D eigenvalue weighted by molar-refractivity contribution is -0.116. The third kappa shape index (κ3) is 3.26. The number of anilines is 2. The van der Waals surface area contributed by atoms with Gasteiger partial charge in [0.1, 0.15) is 0 Å². The summed E-state index contributed by atoms with van der Waals surface area (Å²) in [4.78, 5) is 14.5. The molecule has 0 aliphatic carbocycles. The highest BCUT2D eigenvalue weighted by Gasteiger charge is 2.31. The van der Waals surface area contributed by atoms with Gasteiger partial charge in [-0.1, -0.05) is 49.9 Å². The van der Waals surface area contributed by atoms with Gasteiger partial charge in [-0.25, -0.2) is 0 Å². The van der Waals surface area contributed by atoms with Crippen LogP contribution in [0.5, 0.6) is 0 Å². The first-order valence-electron chi connectivity index (χ1n) is 7.33. The Hall–Kier alpha value is -2.39. The average Bonchev–Trinajstić information content (AvgIpc) is 2.56. The van der Waals surface area contributed by atoms with Crippen molar-refractivity contribution in [1.29, 1.82) is 0 Å². The molecule has 0 bridgehead atoms. The quantitative estimate of drug-likeness (QED) is 0.845. The van der Waals surface area contributed by atoms with Gasteiger partial charge in [-0.3, -0.25) is 9.69 Å². The second-order valence-corrected chi connectivity index (χ2v) is 5.42. The predicted octanol–water partition coefficient (Wildman–Crippen LogP) is 4.07. The summed E-state index contributed by atoms with van der Waals surface area (Å²) in [5, 5.41) is 10.4. The van der Waals surface area contributed by atoms with E-state index in [1.54, 1.807) is 11.8 Å². The van der Waals surface area contributed by atoms with Gasteiger partial charge < -0.3 is 5.11 Å². The number of nitrogens with zero attached hydrogens (tertiary/aromatic N) is 1. The first kappa shape index (κ1) is 16.0. The van der Waals surface area contributed by atoms with Crippen molar-refractivity contribution in [1.82, 2.24) is 0 Å². The van der Waals surface area contributed by atoms with Crippen LogP contribution < -0.4 is 4.90 Å². The Bertz CT molecular complexity index is 608. The van der Waals surface area contributed by atoms with E-state index in [1.165, 1.54) is 0 Å².